The van der Waals surface area contributed by atoms with Crippen molar-refractivity contribution in [3.05, 3.63) is 167 Å². The maximum Gasteiger partial charge on any atom is 0.0620 e. The largest absolute Gasteiger partial charge is 0.309 e. The number of aryl methyl sites for hydroxylation is 2. The van der Waals surface area contributed by atoms with E-state index in [1.807, 2.05) is 0 Å². The van der Waals surface area contributed by atoms with Gasteiger partial charge in [0.05, 0.1) is 11.4 Å². The molecule has 0 N–H and O–H groups in total. The first-order valence-electron chi connectivity index (χ1n) is 19.1. The topological polar surface area (TPSA) is 6.48 Å². The predicted octanol–water partition coefficient (Wildman–Crippen LogP) is 15.3. The average molecular weight is 695 g/mol. The van der Waals surface area contributed by atoms with Gasteiger partial charge in [0.25, 0.3) is 0 Å². The monoisotopic (exact) mass is 694 g/mol. The summed E-state index contributed by atoms with van der Waals surface area (Å²) in [6.07, 6.45) is 0. The normalized spacial score (nSPS) is 12.1. The minimum Gasteiger partial charge on any atom is -0.309 e. The summed E-state index contributed by atoms with van der Waals surface area (Å²) < 4.78 is 0. The summed E-state index contributed by atoms with van der Waals surface area (Å²) in [6, 6.07) is 52.5. The third-order valence-electron chi connectivity index (χ3n) is 10.7. The fourth-order valence-corrected chi connectivity index (χ4v) is 7.41. The molecule has 2 heteroatoms. The first-order valence-corrected chi connectivity index (χ1v) is 19.1. The second kappa shape index (κ2) is 13.9. The standard InChI is InChI=1S/C51H54N2/c1-34(2)37-19-32-46-47(33-37)49(53(41-26-17-36(4)18-27-41)43-30-22-39(23-31-43)51(8,9)10)45-14-12-11-13-44(45)48(46)52(40-24-15-35(3)16-25-40)42-28-20-38(21-29-42)50(5,6)7/h11-34H,1-10H3. The van der Waals surface area contributed by atoms with Crippen molar-refractivity contribution in [3.63, 3.8) is 0 Å². The first-order chi connectivity index (χ1) is 25.2. The van der Waals surface area contributed by atoms with Crippen molar-refractivity contribution in [3.8, 4) is 0 Å². The molecule has 0 aliphatic carbocycles. The van der Waals surface area contributed by atoms with Gasteiger partial charge in [0.2, 0.25) is 0 Å². The third-order valence-corrected chi connectivity index (χ3v) is 10.7. The molecule has 268 valence electrons. The van der Waals surface area contributed by atoms with Crippen LogP contribution in [0.3, 0.4) is 0 Å². The molecular formula is C51H54N2. The van der Waals surface area contributed by atoms with Crippen LogP contribution in [0.1, 0.15) is 89.1 Å². The van der Waals surface area contributed by atoms with Crippen LogP contribution in [0.15, 0.2) is 140 Å². The second-order valence-corrected chi connectivity index (χ2v) is 17.1. The molecule has 0 aliphatic rings. The minimum absolute atomic E-state index is 0.0605. The van der Waals surface area contributed by atoms with Crippen LogP contribution in [0, 0.1) is 13.8 Å². The molecule has 0 spiro atoms. The number of benzene rings is 7. The van der Waals surface area contributed by atoms with Crippen molar-refractivity contribution in [1.82, 2.24) is 0 Å². The van der Waals surface area contributed by atoms with Crippen LogP contribution >= 0.6 is 0 Å². The van der Waals surface area contributed by atoms with Gasteiger partial charge in [-0.05, 0) is 102 Å². The van der Waals surface area contributed by atoms with Crippen molar-refractivity contribution in [1.29, 1.82) is 0 Å². The molecule has 7 rings (SSSR count). The van der Waals surface area contributed by atoms with Gasteiger partial charge in [-0.2, -0.15) is 0 Å². The van der Waals surface area contributed by atoms with E-state index in [1.165, 1.54) is 60.7 Å². The van der Waals surface area contributed by atoms with E-state index in [0.717, 1.165) is 22.7 Å². The number of anilines is 6. The van der Waals surface area contributed by atoms with Gasteiger partial charge >= 0.3 is 0 Å². The van der Waals surface area contributed by atoms with E-state index >= 15 is 0 Å². The Morgan fingerprint density at radius 2 is 0.736 bits per heavy atom. The molecule has 0 unspecified atom stereocenters. The van der Waals surface area contributed by atoms with Crippen molar-refractivity contribution in [2.75, 3.05) is 9.80 Å². The van der Waals surface area contributed by atoms with Crippen LogP contribution in [0.25, 0.3) is 21.5 Å². The van der Waals surface area contributed by atoms with E-state index in [4.69, 9.17) is 0 Å². The fraction of sp³-hybridized carbons (Fsp3) is 0.255. The molecule has 53 heavy (non-hydrogen) atoms. The lowest BCUT2D eigenvalue weighted by Gasteiger charge is -2.33. The molecule has 0 bridgehead atoms. The van der Waals surface area contributed by atoms with E-state index in [9.17, 15) is 0 Å². The zero-order chi connectivity index (χ0) is 37.7. The molecule has 0 aliphatic heterocycles. The third kappa shape index (κ3) is 7.08. The number of hydrogen-bond donors (Lipinski definition) is 0. The Morgan fingerprint density at radius 1 is 0.396 bits per heavy atom. The minimum atomic E-state index is 0.0605. The Bertz CT molecular complexity index is 2370. The molecule has 2 nitrogen and oxygen atoms in total. The highest BCUT2D eigenvalue weighted by atomic mass is 15.2. The maximum atomic E-state index is 2.48. The highest BCUT2D eigenvalue weighted by Gasteiger charge is 2.27. The SMILES string of the molecule is Cc1ccc(N(c2ccc(C(C)(C)C)cc2)c2c3ccccc3c(N(c3ccc(C)cc3)c3ccc(C(C)(C)C)cc3)c3cc(C(C)C)ccc23)cc1. The molecule has 0 saturated heterocycles. The van der Waals surface area contributed by atoms with Crippen LogP contribution in [0.4, 0.5) is 34.1 Å². The molecule has 0 fully saturated rings. The Morgan fingerprint density at radius 3 is 1.09 bits per heavy atom. The second-order valence-electron chi connectivity index (χ2n) is 17.1. The number of fused-ring (bicyclic) bond motifs is 2. The first kappa shape index (κ1) is 36.0. The van der Waals surface area contributed by atoms with Gasteiger partial charge < -0.3 is 9.80 Å². The predicted molar refractivity (Wildman–Crippen MR) is 232 cm³/mol. The smallest absolute Gasteiger partial charge is 0.0620 e. The molecule has 0 atom stereocenters. The Balaban J connectivity index is 1.60. The summed E-state index contributed by atoms with van der Waals surface area (Å²) in [4.78, 5) is 4.96. The average Bonchev–Trinajstić information content (AvgIpc) is 3.13. The van der Waals surface area contributed by atoms with Crippen LogP contribution in [0.5, 0.6) is 0 Å². The zero-order valence-electron chi connectivity index (χ0n) is 33.3. The van der Waals surface area contributed by atoms with Gasteiger partial charge in [0, 0.05) is 44.3 Å². The maximum absolute atomic E-state index is 2.48. The van der Waals surface area contributed by atoms with Crippen molar-refractivity contribution >= 4 is 55.7 Å². The highest BCUT2D eigenvalue weighted by Crippen LogP contribution is 2.51. The van der Waals surface area contributed by atoms with Gasteiger partial charge in [-0.25, -0.2) is 0 Å². The summed E-state index contributed by atoms with van der Waals surface area (Å²) in [7, 11) is 0. The van der Waals surface area contributed by atoms with Crippen LogP contribution in [-0.4, -0.2) is 0 Å². The zero-order valence-corrected chi connectivity index (χ0v) is 33.3. The van der Waals surface area contributed by atoms with Crippen LogP contribution in [0.2, 0.25) is 0 Å². The van der Waals surface area contributed by atoms with E-state index in [-0.39, 0.29) is 10.8 Å². The quantitative estimate of drug-likeness (QED) is 0.121. The van der Waals surface area contributed by atoms with Gasteiger partial charge in [-0.15, -0.1) is 0 Å². The lowest BCUT2D eigenvalue weighted by molar-refractivity contribution is 0.590. The molecule has 0 radical (unpaired) electrons. The molecule has 0 amide bonds. The van der Waals surface area contributed by atoms with E-state index in [0.29, 0.717) is 5.92 Å². The lowest BCUT2D eigenvalue weighted by Crippen LogP contribution is -2.16. The summed E-state index contributed by atoms with van der Waals surface area (Å²) >= 11 is 0. The molecule has 0 saturated carbocycles. The van der Waals surface area contributed by atoms with Crippen LogP contribution < -0.4 is 9.80 Å². The van der Waals surface area contributed by atoms with Gasteiger partial charge in [-0.3, -0.25) is 0 Å². The molecule has 7 aromatic carbocycles. The van der Waals surface area contributed by atoms with E-state index < -0.39 is 0 Å². The molecule has 7 aromatic rings. The Hall–Kier alpha value is -5.34. The highest BCUT2D eigenvalue weighted by molar-refractivity contribution is 6.23. The van der Waals surface area contributed by atoms with Gasteiger partial charge in [-0.1, -0.05) is 151 Å². The lowest BCUT2D eigenvalue weighted by atomic mass is 9.87. The number of hydrogen-bond acceptors (Lipinski definition) is 2. The summed E-state index contributed by atoms with van der Waals surface area (Å²) in [6.45, 7) is 22.6. The summed E-state index contributed by atoms with van der Waals surface area (Å²) in [5, 5.41) is 4.86. The molecule has 0 heterocycles. The number of rotatable bonds is 7. The summed E-state index contributed by atoms with van der Waals surface area (Å²) in [5.41, 5.74) is 13.5. The molecular weight excluding hydrogens is 641 g/mol. The van der Waals surface area contributed by atoms with Crippen molar-refractivity contribution in [2.45, 2.75) is 86.0 Å². The summed E-state index contributed by atoms with van der Waals surface area (Å²) in [5.74, 6) is 0.374. The van der Waals surface area contributed by atoms with Crippen LogP contribution in [-0.2, 0) is 10.8 Å². The number of nitrogens with zero attached hydrogens (tertiary/aromatic N) is 2. The van der Waals surface area contributed by atoms with Crippen molar-refractivity contribution in [2.24, 2.45) is 0 Å². The van der Waals surface area contributed by atoms with Gasteiger partial charge in [0.15, 0.2) is 0 Å². The van der Waals surface area contributed by atoms with Crippen molar-refractivity contribution < 1.29 is 0 Å². The van der Waals surface area contributed by atoms with E-state index in [2.05, 4.69) is 219 Å². The Kier molecular flexibility index (Phi) is 9.45. The van der Waals surface area contributed by atoms with E-state index in [1.54, 1.807) is 0 Å². The molecule has 0 aromatic heterocycles. The van der Waals surface area contributed by atoms with Gasteiger partial charge in [0.1, 0.15) is 0 Å². The fourth-order valence-electron chi connectivity index (χ4n) is 7.41. The Labute approximate surface area is 317 Å².